The van der Waals surface area contributed by atoms with Crippen molar-refractivity contribution in [3.8, 4) is 0 Å². The summed E-state index contributed by atoms with van der Waals surface area (Å²) in [5.41, 5.74) is 5.40. The maximum absolute atomic E-state index is 11.7. The number of aliphatic hydroxyl groups is 3. The number of nitrogens with zero attached hydrogens (tertiary/aromatic N) is 2. The van der Waals surface area contributed by atoms with Gasteiger partial charge in [0.1, 0.15) is 18.2 Å². The molecule has 0 saturated carbocycles. The van der Waals surface area contributed by atoms with Gasteiger partial charge in [0.25, 0.3) is 0 Å². The van der Waals surface area contributed by atoms with Crippen LogP contribution in [0.4, 0.5) is 0 Å². The van der Waals surface area contributed by atoms with Gasteiger partial charge in [-0.2, -0.15) is 0 Å². The Morgan fingerprint density at radius 1 is 1.00 bits per heavy atom. The van der Waals surface area contributed by atoms with E-state index >= 15 is 0 Å². The summed E-state index contributed by atoms with van der Waals surface area (Å²) in [6.45, 7) is 5.68. The van der Waals surface area contributed by atoms with Crippen LogP contribution in [0.5, 0.6) is 0 Å². The fraction of sp³-hybridized carbons (Fsp3) is 0.938. The molecule has 2 heterocycles. The van der Waals surface area contributed by atoms with Crippen LogP contribution in [-0.4, -0.2) is 87.6 Å². The molecule has 5 unspecified atom stereocenters. The predicted octanol–water partition coefficient (Wildman–Crippen LogP) is -1.11. The number of carbonyl (C=O) groups excluding carboxylic acids is 1. The molecule has 0 aliphatic carbocycles. The van der Waals surface area contributed by atoms with Crippen LogP contribution >= 0.6 is 0 Å². The van der Waals surface area contributed by atoms with Crippen molar-refractivity contribution in [2.45, 2.75) is 69.4 Å². The minimum atomic E-state index is -1.35. The Labute approximate surface area is 138 Å². The van der Waals surface area contributed by atoms with E-state index in [-0.39, 0.29) is 0 Å². The summed E-state index contributed by atoms with van der Waals surface area (Å²) in [5.74, 6) is -0.661. The van der Waals surface area contributed by atoms with Crippen molar-refractivity contribution in [2.24, 2.45) is 5.73 Å². The Morgan fingerprint density at radius 2 is 1.61 bits per heavy atom. The van der Waals surface area contributed by atoms with Crippen molar-refractivity contribution >= 4 is 5.91 Å². The van der Waals surface area contributed by atoms with E-state index in [9.17, 15) is 20.1 Å². The van der Waals surface area contributed by atoms with Gasteiger partial charge in [0.15, 0.2) is 0 Å². The van der Waals surface area contributed by atoms with Gasteiger partial charge < -0.3 is 26.0 Å². The summed E-state index contributed by atoms with van der Waals surface area (Å²) in [6, 6.07) is -1.36. The lowest BCUT2D eigenvalue weighted by molar-refractivity contribution is -0.169. The van der Waals surface area contributed by atoms with Gasteiger partial charge in [-0.3, -0.25) is 9.69 Å². The van der Waals surface area contributed by atoms with E-state index in [1.807, 2.05) is 0 Å². The van der Waals surface area contributed by atoms with Crippen LogP contribution in [0.25, 0.3) is 0 Å². The van der Waals surface area contributed by atoms with E-state index in [1.165, 1.54) is 19.3 Å². The van der Waals surface area contributed by atoms with Crippen LogP contribution in [-0.2, 0) is 4.79 Å². The molecule has 7 nitrogen and oxygen atoms in total. The first-order chi connectivity index (χ1) is 10.9. The molecular weight excluding hydrogens is 298 g/mol. The van der Waals surface area contributed by atoms with Crippen molar-refractivity contribution in [3.05, 3.63) is 0 Å². The van der Waals surface area contributed by atoms with E-state index < -0.39 is 36.3 Å². The minimum Gasteiger partial charge on any atom is -0.389 e. The first kappa shape index (κ1) is 18.6. The molecule has 0 aromatic carbocycles. The van der Waals surface area contributed by atoms with E-state index in [4.69, 9.17) is 5.73 Å². The average Bonchev–Trinajstić information content (AvgIpc) is 2.54. The number of hydrogen-bond acceptors (Lipinski definition) is 6. The van der Waals surface area contributed by atoms with Crippen molar-refractivity contribution in [1.29, 1.82) is 0 Å². The maximum atomic E-state index is 11.7. The number of likely N-dealkylation sites (tertiary alicyclic amines) is 2. The van der Waals surface area contributed by atoms with Crippen LogP contribution in [0.1, 0.15) is 39.0 Å². The number of carbonyl (C=O) groups is 1. The van der Waals surface area contributed by atoms with Crippen LogP contribution in [0.2, 0.25) is 0 Å². The fourth-order valence-corrected chi connectivity index (χ4v) is 3.81. The molecule has 134 valence electrons. The number of unbranched alkanes of at least 4 members (excludes halogenated alkanes) is 1. The molecule has 2 rings (SSSR count). The lowest BCUT2D eigenvalue weighted by atomic mass is 9.88. The highest BCUT2D eigenvalue weighted by molar-refractivity contribution is 5.81. The molecule has 0 radical (unpaired) electrons. The Kier molecular flexibility index (Phi) is 6.79. The molecule has 2 aliphatic heterocycles. The number of amides is 1. The minimum absolute atomic E-state index is 0.416. The smallest absolute Gasteiger partial charge is 0.237 e. The molecule has 23 heavy (non-hydrogen) atoms. The molecule has 2 saturated heterocycles. The number of primary amides is 1. The zero-order valence-electron chi connectivity index (χ0n) is 14.0. The topological polar surface area (TPSA) is 110 Å². The lowest BCUT2D eigenvalue weighted by Crippen LogP contribution is -2.68. The molecule has 1 amide bonds. The largest absolute Gasteiger partial charge is 0.389 e. The average molecular weight is 329 g/mol. The summed E-state index contributed by atoms with van der Waals surface area (Å²) >= 11 is 0. The van der Waals surface area contributed by atoms with E-state index in [0.29, 0.717) is 6.54 Å². The summed E-state index contributed by atoms with van der Waals surface area (Å²) < 4.78 is 0. The number of aliphatic hydroxyl groups excluding tert-OH is 3. The second-order valence-electron chi connectivity index (χ2n) is 6.91. The SMILES string of the molecule is CC1C(O)C(O)C(O)C(C(N)=O)N1CCCCN1CCCCC1. The standard InChI is InChI=1S/C16H31N3O4/c1-11-13(20)15(22)14(21)12(16(17)23)19(11)10-6-5-9-18-7-3-2-4-8-18/h11-15,20-22H,2-10H2,1H3,(H2,17,23). The summed E-state index contributed by atoms with van der Waals surface area (Å²) in [7, 11) is 0. The third-order valence-electron chi connectivity index (χ3n) is 5.28. The molecule has 5 atom stereocenters. The normalized spacial score (nSPS) is 37.0. The fourth-order valence-electron chi connectivity index (χ4n) is 3.81. The van der Waals surface area contributed by atoms with Crippen molar-refractivity contribution in [3.63, 3.8) is 0 Å². The molecule has 0 aromatic heterocycles. The van der Waals surface area contributed by atoms with Crippen molar-refractivity contribution < 1.29 is 20.1 Å². The van der Waals surface area contributed by atoms with E-state index in [1.54, 1.807) is 11.8 Å². The highest BCUT2D eigenvalue weighted by Gasteiger charge is 2.47. The van der Waals surface area contributed by atoms with Crippen LogP contribution in [0.15, 0.2) is 0 Å². The highest BCUT2D eigenvalue weighted by atomic mass is 16.4. The van der Waals surface area contributed by atoms with Gasteiger partial charge in [0, 0.05) is 6.04 Å². The molecule has 0 bridgehead atoms. The zero-order valence-corrected chi connectivity index (χ0v) is 14.0. The molecule has 7 heteroatoms. The Bertz CT molecular complexity index is 390. The van der Waals surface area contributed by atoms with Gasteiger partial charge in [0.2, 0.25) is 5.91 Å². The first-order valence-electron chi connectivity index (χ1n) is 8.75. The van der Waals surface area contributed by atoms with E-state index in [2.05, 4.69) is 4.90 Å². The first-order valence-corrected chi connectivity index (χ1v) is 8.75. The van der Waals surface area contributed by atoms with Gasteiger partial charge >= 0.3 is 0 Å². The Balaban J connectivity index is 1.86. The predicted molar refractivity (Wildman–Crippen MR) is 86.7 cm³/mol. The maximum Gasteiger partial charge on any atom is 0.237 e. The molecule has 2 aliphatic rings. The van der Waals surface area contributed by atoms with Gasteiger partial charge in [-0.15, -0.1) is 0 Å². The third kappa shape index (κ3) is 4.42. The molecule has 2 fully saturated rings. The quantitative estimate of drug-likeness (QED) is 0.460. The number of rotatable bonds is 6. The van der Waals surface area contributed by atoms with Crippen LogP contribution < -0.4 is 5.73 Å². The van der Waals surface area contributed by atoms with Crippen LogP contribution in [0.3, 0.4) is 0 Å². The third-order valence-corrected chi connectivity index (χ3v) is 5.28. The summed E-state index contributed by atoms with van der Waals surface area (Å²) in [4.78, 5) is 15.9. The van der Waals surface area contributed by atoms with Gasteiger partial charge in [-0.25, -0.2) is 0 Å². The second-order valence-corrected chi connectivity index (χ2v) is 6.91. The van der Waals surface area contributed by atoms with Gasteiger partial charge in [-0.05, 0) is 58.8 Å². The van der Waals surface area contributed by atoms with Crippen molar-refractivity contribution in [2.75, 3.05) is 26.2 Å². The Hall–Kier alpha value is -0.730. The number of hydrogen-bond donors (Lipinski definition) is 4. The monoisotopic (exact) mass is 329 g/mol. The van der Waals surface area contributed by atoms with Crippen molar-refractivity contribution in [1.82, 2.24) is 9.80 Å². The molecular formula is C16H31N3O4. The van der Waals surface area contributed by atoms with Gasteiger partial charge in [0.05, 0.1) is 6.10 Å². The van der Waals surface area contributed by atoms with E-state index in [0.717, 1.165) is 32.5 Å². The summed E-state index contributed by atoms with van der Waals surface area (Å²) in [5, 5.41) is 30.0. The lowest BCUT2D eigenvalue weighted by Gasteiger charge is -2.46. The van der Waals surface area contributed by atoms with Crippen LogP contribution in [0, 0.1) is 0 Å². The summed E-state index contributed by atoms with van der Waals surface area (Å²) in [6.07, 6.45) is 1.95. The molecule has 0 aromatic rings. The number of piperidine rings is 2. The zero-order chi connectivity index (χ0) is 17.0. The highest BCUT2D eigenvalue weighted by Crippen LogP contribution is 2.25. The second kappa shape index (κ2) is 8.39. The molecule has 5 N–H and O–H groups in total. The number of nitrogens with two attached hydrogens (primary N) is 1. The molecule has 0 spiro atoms. The van der Waals surface area contributed by atoms with Gasteiger partial charge in [-0.1, -0.05) is 6.42 Å². The Morgan fingerprint density at radius 3 is 2.22 bits per heavy atom.